The normalized spacial score (nSPS) is 20.7. The van der Waals surface area contributed by atoms with Gasteiger partial charge in [-0.1, -0.05) is 27.2 Å². The van der Waals surface area contributed by atoms with Gasteiger partial charge >= 0.3 is 0 Å². The van der Waals surface area contributed by atoms with Crippen LogP contribution in [-0.2, 0) is 6.54 Å². The van der Waals surface area contributed by atoms with Crippen LogP contribution in [0.3, 0.4) is 0 Å². The fraction of sp³-hybridized carbons (Fsp3) is 0.786. The second kappa shape index (κ2) is 6.53. The highest BCUT2D eigenvalue weighted by Crippen LogP contribution is 2.27. The minimum Gasteiger partial charge on any atom is -0.348 e. The molecule has 1 aliphatic rings. The van der Waals surface area contributed by atoms with Gasteiger partial charge < -0.3 is 10.2 Å². The second-order valence-electron chi connectivity index (χ2n) is 5.52. The molecule has 18 heavy (non-hydrogen) atoms. The molecule has 1 aliphatic heterocycles. The summed E-state index contributed by atoms with van der Waals surface area (Å²) in [4.78, 5) is 7.23. The van der Waals surface area contributed by atoms with Crippen molar-refractivity contribution in [2.75, 3.05) is 18.0 Å². The molecule has 0 bridgehead atoms. The number of hydrogen-bond acceptors (Lipinski definition) is 4. The van der Waals surface area contributed by atoms with Gasteiger partial charge in [-0.25, -0.2) is 4.98 Å². The molecule has 0 aromatic carbocycles. The zero-order valence-corrected chi connectivity index (χ0v) is 12.6. The molecular formula is C14H25N3S. The summed E-state index contributed by atoms with van der Waals surface area (Å²) < 4.78 is 0. The molecule has 1 atom stereocenters. The van der Waals surface area contributed by atoms with Crippen molar-refractivity contribution in [2.45, 2.75) is 52.6 Å². The summed E-state index contributed by atoms with van der Waals surface area (Å²) in [7, 11) is 0. The number of nitrogens with one attached hydrogen (secondary N) is 1. The van der Waals surface area contributed by atoms with Crippen LogP contribution in [0.1, 0.15) is 45.7 Å². The Bertz CT molecular complexity index is 362. The first-order valence-electron chi connectivity index (χ1n) is 7.11. The summed E-state index contributed by atoms with van der Waals surface area (Å²) >= 11 is 1.80. The maximum Gasteiger partial charge on any atom is 0.185 e. The number of anilines is 1. The first-order chi connectivity index (χ1) is 8.69. The van der Waals surface area contributed by atoms with Crippen LogP contribution in [-0.4, -0.2) is 24.1 Å². The number of piperidine rings is 1. The van der Waals surface area contributed by atoms with E-state index in [4.69, 9.17) is 4.98 Å². The van der Waals surface area contributed by atoms with Gasteiger partial charge in [0.2, 0.25) is 0 Å². The summed E-state index contributed by atoms with van der Waals surface area (Å²) in [6, 6.07) is 0.523. The molecule has 1 saturated heterocycles. The molecule has 102 valence electrons. The summed E-state index contributed by atoms with van der Waals surface area (Å²) in [5.41, 5.74) is 1.18. The Labute approximate surface area is 115 Å². The van der Waals surface area contributed by atoms with Gasteiger partial charge in [0.15, 0.2) is 5.13 Å². The van der Waals surface area contributed by atoms with Crippen molar-refractivity contribution in [1.29, 1.82) is 0 Å². The number of rotatable bonds is 5. The van der Waals surface area contributed by atoms with Gasteiger partial charge in [-0.2, -0.15) is 0 Å². The van der Waals surface area contributed by atoms with E-state index in [0.717, 1.165) is 12.5 Å². The average molecular weight is 267 g/mol. The van der Waals surface area contributed by atoms with Crippen molar-refractivity contribution in [2.24, 2.45) is 5.92 Å². The van der Waals surface area contributed by atoms with Crippen LogP contribution in [0.15, 0.2) is 5.38 Å². The average Bonchev–Trinajstić information content (AvgIpc) is 2.85. The highest BCUT2D eigenvalue weighted by atomic mass is 32.1. The zero-order valence-electron chi connectivity index (χ0n) is 11.8. The molecule has 1 N–H and O–H groups in total. The monoisotopic (exact) mass is 267 g/mol. The van der Waals surface area contributed by atoms with E-state index < -0.39 is 0 Å². The fourth-order valence-electron chi connectivity index (χ4n) is 2.40. The lowest BCUT2D eigenvalue weighted by molar-refractivity contribution is 0.404. The molecule has 3 nitrogen and oxygen atoms in total. The van der Waals surface area contributed by atoms with E-state index in [-0.39, 0.29) is 0 Å². The molecule has 1 aromatic heterocycles. The summed E-state index contributed by atoms with van der Waals surface area (Å²) in [5.74, 6) is 0.861. The molecule has 2 heterocycles. The minimum atomic E-state index is 0.523. The predicted molar refractivity (Wildman–Crippen MR) is 79.3 cm³/mol. The molecule has 0 amide bonds. The van der Waals surface area contributed by atoms with Gasteiger partial charge in [0.1, 0.15) is 0 Å². The van der Waals surface area contributed by atoms with Gasteiger partial charge in [0.25, 0.3) is 0 Å². The largest absolute Gasteiger partial charge is 0.348 e. The summed E-state index contributed by atoms with van der Waals surface area (Å²) in [6.07, 6.45) is 4.00. The molecule has 4 heteroatoms. The van der Waals surface area contributed by atoms with E-state index in [1.54, 1.807) is 11.3 Å². The van der Waals surface area contributed by atoms with E-state index in [0.29, 0.717) is 6.04 Å². The smallest absolute Gasteiger partial charge is 0.185 e. The van der Waals surface area contributed by atoms with Crippen molar-refractivity contribution in [3.05, 3.63) is 11.1 Å². The van der Waals surface area contributed by atoms with E-state index in [1.807, 2.05) is 0 Å². The maximum absolute atomic E-state index is 4.76. The van der Waals surface area contributed by atoms with Crippen LogP contribution in [0.5, 0.6) is 0 Å². The van der Waals surface area contributed by atoms with Crippen molar-refractivity contribution in [1.82, 2.24) is 10.3 Å². The Morgan fingerprint density at radius 1 is 1.56 bits per heavy atom. The zero-order chi connectivity index (χ0) is 13.0. The Morgan fingerprint density at radius 3 is 3.11 bits per heavy atom. The summed E-state index contributed by atoms with van der Waals surface area (Å²) in [5, 5.41) is 6.83. The third-order valence-corrected chi connectivity index (χ3v) is 4.55. The van der Waals surface area contributed by atoms with Crippen LogP contribution in [0.2, 0.25) is 0 Å². The molecule has 0 spiro atoms. The molecule has 0 radical (unpaired) electrons. The van der Waals surface area contributed by atoms with Gasteiger partial charge in [-0.15, -0.1) is 11.3 Å². The van der Waals surface area contributed by atoms with E-state index in [1.165, 1.54) is 43.2 Å². The lowest BCUT2D eigenvalue weighted by Crippen LogP contribution is -2.35. The topological polar surface area (TPSA) is 28.2 Å². The van der Waals surface area contributed by atoms with Crippen LogP contribution in [0.25, 0.3) is 0 Å². The van der Waals surface area contributed by atoms with E-state index in [2.05, 4.69) is 36.4 Å². The maximum atomic E-state index is 4.76. The Hall–Kier alpha value is -0.610. The van der Waals surface area contributed by atoms with Crippen LogP contribution in [0, 0.1) is 5.92 Å². The molecule has 1 unspecified atom stereocenters. The van der Waals surface area contributed by atoms with Gasteiger partial charge in [0.05, 0.1) is 5.69 Å². The second-order valence-corrected chi connectivity index (χ2v) is 6.36. The Morgan fingerprint density at radius 2 is 2.39 bits per heavy atom. The van der Waals surface area contributed by atoms with Gasteiger partial charge in [-0.3, -0.25) is 0 Å². The number of thiazole rings is 1. The molecule has 0 saturated carbocycles. The first kappa shape index (κ1) is 13.8. The van der Waals surface area contributed by atoms with Crippen molar-refractivity contribution in [3.8, 4) is 0 Å². The molecule has 1 fully saturated rings. The van der Waals surface area contributed by atoms with Gasteiger partial charge in [-0.05, 0) is 18.8 Å². The predicted octanol–water partition coefficient (Wildman–Crippen LogP) is 3.27. The molecule has 2 rings (SSSR count). The van der Waals surface area contributed by atoms with Crippen LogP contribution >= 0.6 is 11.3 Å². The third kappa shape index (κ3) is 3.69. The summed E-state index contributed by atoms with van der Waals surface area (Å²) in [6.45, 7) is 9.91. The minimum absolute atomic E-state index is 0.523. The Balaban J connectivity index is 1.92. The molecule has 0 aliphatic carbocycles. The number of hydrogen-bond donors (Lipinski definition) is 1. The standard InChI is InChI=1S/C14H25N3S/c1-4-12-6-5-7-17(9-12)14-16-13(10-18-14)8-15-11(2)3/h10-12,15H,4-9H2,1-3H3. The molecular weight excluding hydrogens is 242 g/mol. The van der Waals surface area contributed by atoms with Crippen molar-refractivity contribution < 1.29 is 0 Å². The third-order valence-electron chi connectivity index (χ3n) is 3.60. The van der Waals surface area contributed by atoms with Crippen LogP contribution < -0.4 is 10.2 Å². The number of nitrogens with zero attached hydrogens (tertiary/aromatic N) is 2. The highest BCUT2D eigenvalue weighted by Gasteiger charge is 2.20. The highest BCUT2D eigenvalue weighted by molar-refractivity contribution is 7.13. The lowest BCUT2D eigenvalue weighted by Gasteiger charge is -2.31. The van der Waals surface area contributed by atoms with E-state index in [9.17, 15) is 0 Å². The van der Waals surface area contributed by atoms with E-state index >= 15 is 0 Å². The van der Waals surface area contributed by atoms with Crippen LogP contribution in [0.4, 0.5) is 5.13 Å². The first-order valence-corrected chi connectivity index (χ1v) is 7.99. The van der Waals surface area contributed by atoms with Crippen molar-refractivity contribution >= 4 is 16.5 Å². The SMILES string of the molecule is CCC1CCCN(c2nc(CNC(C)C)cs2)C1. The quantitative estimate of drug-likeness (QED) is 0.887. The molecule has 1 aromatic rings. The Kier molecular flexibility index (Phi) is 5.01. The lowest BCUT2D eigenvalue weighted by atomic mass is 9.96. The number of aromatic nitrogens is 1. The van der Waals surface area contributed by atoms with Gasteiger partial charge in [0, 0.05) is 31.1 Å². The fourth-order valence-corrected chi connectivity index (χ4v) is 3.27. The van der Waals surface area contributed by atoms with Crippen molar-refractivity contribution in [3.63, 3.8) is 0 Å².